The third-order valence-electron chi connectivity index (χ3n) is 1.88. The lowest BCUT2D eigenvalue weighted by Crippen LogP contribution is -2.13. The van der Waals surface area contributed by atoms with Crippen LogP contribution in [0.3, 0.4) is 0 Å². The van der Waals surface area contributed by atoms with Crippen molar-refractivity contribution >= 4 is 44.5 Å². The molecular weight excluding hydrogens is 270 g/mol. The normalized spacial score (nSPS) is 10.5. The number of hydrogen-bond acceptors (Lipinski definition) is 4. The van der Waals surface area contributed by atoms with Crippen molar-refractivity contribution in [2.24, 2.45) is 0 Å². The number of aromatic nitrogens is 1. The molecule has 2 nitrogen and oxygen atoms in total. The molecule has 1 aromatic carbocycles. The van der Waals surface area contributed by atoms with Crippen LogP contribution in [0.15, 0.2) is 29.1 Å². The average Bonchev–Trinajstić information content (AvgIpc) is 2.53. The molecule has 0 spiro atoms. The van der Waals surface area contributed by atoms with Crippen molar-refractivity contribution in [2.45, 2.75) is 6.54 Å². The zero-order valence-corrected chi connectivity index (χ0v) is 10.7. The van der Waals surface area contributed by atoms with Crippen LogP contribution >= 0.6 is 44.5 Å². The van der Waals surface area contributed by atoms with Gasteiger partial charge in [0.05, 0.1) is 6.54 Å². The zero-order chi connectivity index (χ0) is 10.8. The van der Waals surface area contributed by atoms with E-state index in [9.17, 15) is 4.79 Å². The summed E-state index contributed by atoms with van der Waals surface area (Å²) in [6, 6.07) is 7.40. The van der Waals surface area contributed by atoms with Gasteiger partial charge >= 0.3 is 4.87 Å². The van der Waals surface area contributed by atoms with Crippen LogP contribution in [0.4, 0.5) is 0 Å². The zero-order valence-electron chi connectivity index (χ0n) is 7.47. The minimum absolute atomic E-state index is 0.0000463. The maximum atomic E-state index is 11.4. The lowest BCUT2D eigenvalue weighted by atomic mass is 10.2. The van der Waals surface area contributed by atoms with E-state index in [2.05, 4.69) is 0 Å². The predicted octanol–water partition coefficient (Wildman–Crippen LogP) is 3.40. The molecule has 78 valence electrons. The van der Waals surface area contributed by atoms with Gasteiger partial charge in [-0.1, -0.05) is 23.7 Å². The summed E-state index contributed by atoms with van der Waals surface area (Å²) in [5, 5.41) is 0.692. The van der Waals surface area contributed by atoms with Gasteiger partial charge in [0, 0.05) is 5.02 Å². The standard InChI is InChI=1S/C9H6ClNOS3/c10-7-3-1-6(2-4-7)5-11-8(12)14-15-9(11)13/h1-4H,5H2. The van der Waals surface area contributed by atoms with Gasteiger partial charge in [0.1, 0.15) is 0 Å². The number of rotatable bonds is 2. The first kappa shape index (κ1) is 11.0. The smallest absolute Gasteiger partial charge is 0.276 e. The number of halogens is 1. The second kappa shape index (κ2) is 4.57. The topological polar surface area (TPSA) is 22.0 Å². The van der Waals surface area contributed by atoms with Crippen molar-refractivity contribution < 1.29 is 0 Å². The average molecular weight is 276 g/mol. The molecule has 0 N–H and O–H groups in total. The Morgan fingerprint density at radius 1 is 1.27 bits per heavy atom. The Morgan fingerprint density at radius 2 is 1.93 bits per heavy atom. The van der Waals surface area contributed by atoms with E-state index in [0.717, 1.165) is 5.56 Å². The van der Waals surface area contributed by atoms with Crippen molar-refractivity contribution in [3.63, 3.8) is 0 Å². The number of nitrogens with zero attached hydrogens (tertiary/aromatic N) is 1. The maximum Gasteiger partial charge on any atom is 0.319 e. The van der Waals surface area contributed by atoms with Gasteiger partial charge in [0.2, 0.25) is 0 Å². The Labute approximate surface area is 104 Å². The second-order valence-corrected chi connectivity index (χ2v) is 6.06. The van der Waals surface area contributed by atoms with Crippen LogP contribution in [-0.4, -0.2) is 4.57 Å². The van der Waals surface area contributed by atoms with E-state index in [1.54, 1.807) is 16.7 Å². The molecular formula is C9H6ClNOS3. The molecule has 0 radical (unpaired) electrons. The number of hydrogen-bond donors (Lipinski definition) is 0. The van der Waals surface area contributed by atoms with Gasteiger partial charge in [0.15, 0.2) is 3.95 Å². The summed E-state index contributed by atoms with van der Waals surface area (Å²) in [5.41, 5.74) is 1.03. The minimum atomic E-state index is -0.0000463. The van der Waals surface area contributed by atoms with Crippen molar-refractivity contribution in [1.29, 1.82) is 0 Å². The van der Waals surface area contributed by atoms with E-state index < -0.39 is 0 Å². The van der Waals surface area contributed by atoms with Gasteiger partial charge in [0.25, 0.3) is 0 Å². The molecule has 0 atom stereocenters. The van der Waals surface area contributed by atoms with E-state index in [-0.39, 0.29) is 4.87 Å². The van der Waals surface area contributed by atoms with Gasteiger partial charge in [-0.15, -0.1) is 0 Å². The fraction of sp³-hybridized carbons (Fsp3) is 0.111. The van der Waals surface area contributed by atoms with Crippen LogP contribution < -0.4 is 4.87 Å². The first-order chi connectivity index (χ1) is 7.16. The van der Waals surface area contributed by atoms with E-state index >= 15 is 0 Å². The lowest BCUT2D eigenvalue weighted by molar-refractivity contribution is 0.780. The summed E-state index contributed by atoms with van der Waals surface area (Å²) >= 11 is 10.8. The third kappa shape index (κ3) is 2.55. The first-order valence-electron chi connectivity index (χ1n) is 4.11. The van der Waals surface area contributed by atoms with E-state index in [1.165, 1.54) is 20.7 Å². The van der Waals surface area contributed by atoms with Crippen LogP contribution in [0, 0.1) is 3.95 Å². The van der Waals surface area contributed by atoms with Gasteiger partial charge in [-0.25, -0.2) is 0 Å². The molecule has 6 heteroatoms. The highest BCUT2D eigenvalue weighted by molar-refractivity contribution is 7.79. The van der Waals surface area contributed by atoms with Crippen LogP contribution in [0.1, 0.15) is 5.56 Å². The molecule has 0 saturated carbocycles. The molecule has 0 fully saturated rings. The lowest BCUT2D eigenvalue weighted by Gasteiger charge is -2.00. The van der Waals surface area contributed by atoms with Crippen molar-refractivity contribution in [3.05, 3.63) is 48.5 Å². The van der Waals surface area contributed by atoms with E-state index in [4.69, 9.17) is 23.8 Å². The van der Waals surface area contributed by atoms with Crippen LogP contribution in [0.25, 0.3) is 0 Å². The fourth-order valence-electron chi connectivity index (χ4n) is 1.14. The van der Waals surface area contributed by atoms with Crippen LogP contribution in [0.2, 0.25) is 5.02 Å². The van der Waals surface area contributed by atoms with Gasteiger partial charge < -0.3 is 0 Å². The van der Waals surface area contributed by atoms with Gasteiger partial charge in [-0.2, -0.15) is 0 Å². The highest BCUT2D eigenvalue weighted by atomic mass is 35.5. The van der Waals surface area contributed by atoms with Crippen LogP contribution in [0.5, 0.6) is 0 Å². The summed E-state index contributed by atoms with van der Waals surface area (Å²) in [5.74, 6) is 0. The van der Waals surface area contributed by atoms with Crippen molar-refractivity contribution in [3.8, 4) is 0 Å². The fourth-order valence-corrected chi connectivity index (χ4v) is 3.43. The Kier molecular flexibility index (Phi) is 3.35. The quantitative estimate of drug-likeness (QED) is 0.619. The summed E-state index contributed by atoms with van der Waals surface area (Å²) in [7, 11) is 2.51. The molecule has 0 saturated heterocycles. The molecule has 2 rings (SSSR count). The summed E-state index contributed by atoms with van der Waals surface area (Å²) in [4.78, 5) is 11.4. The second-order valence-electron chi connectivity index (χ2n) is 2.91. The Hall–Kier alpha value is -0.490. The van der Waals surface area contributed by atoms with Crippen molar-refractivity contribution in [1.82, 2.24) is 4.57 Å². The minimum Gasteiger partial charge on any atom is -0.276 e. The molecule has 2 aromatic rings. The SMILES string of the molecule is O=c1ssc(=S)n1Cc1ccc(Cl)cc1. The highest BCUT2D eigenvalue weighted by Crippen LogP contribution is 2.12. The number of benzene rings is 1. The third-order valence-corrected chi connectivity index (χ3v) is 4.88. The molecule has 1 heterocycles. The monoisotopic (exact) mass is 275 g/mol. The summed E-state index contributed by atoms with van der Waals surface area (Å²) in [6.07, 6.45) is 0. The molecule has 1 aromatic heterocycles. The van der Waals surface area contributed by atoms with E-state index in [1.807, 2.05) is 12.1 Å². The molecule has 0 aliphatic heterocycles. The highest BCUT2D eigenvalue weighted by Gasteiger charge is 2.02. The Morgan fingerprint density at radius 3 is 2.47 bits per heavy atom. The molecule has 0 bridgehead atoms. The van der Waals surface area contributed by atoms with E-state index in [0.29, 0.717) is 15.5 Å². The largest absolute Gasteiger partial charge is 0.319 e. The van der Waals surface area contributed by atoms with Gasteiger partial charge in [-0.05, 0) is 50.6 Å². The summed E-state index contributed by atoms with van der Waals surface area (Å²) in [6.45, 7) is 0.523. The summed E-state index contributed by atoms with van der Waals surface area (Å²) < 4.78 is 2.22. The molecule has 0 aliphatic rings. The maximum absolute atomic E-state index is 11.4. The molecule has 0 amide bonds. The molecule has 15 heavy (non-hydrogen) atoms. The van der Waals surface area contributed by atoms with Crippen molar-refractivity contribution in [2.75, 3.05) is 0 Å². The van der Waals surface area contributed by atoms with Gasteiger partial charge in [-0.3, -0.25) is 9.36 Å². The molecule has 0 unspecified atom stereocenters. The van der Waals surface area contributed by atoms with Crippen LogP contribution in [-0.2, 0) is 6.54 Å². The Bertz CT molecular complexity index is 539. The Balaban J connectivity index is 2.34. The molecule has 0 aliphatic carbocycles. The predicted molar refractivity (Wildman–Crippen MR) is 67.8 cm³/mol. The first-order valence-corrected chi connectivity index (χ1v) is 7.05.